The number of nitrogens with zero attached hydrogens (tertiary/aromatic N) is 1. The molecule has 2 aromatic rings. The second kappa shape index (κ2) is 8.02. The van der Waals surface area contributed by atoms with Gasteiger partial charge >= 0.3 is 0 Å². The van der Waals surface area contributed by atoms with E-state index in [2.05, 4.69) is 21.2 Å². The lowest BCUT2D eigenvalue weighted by Crippen LogP contribution is -2.43. The van der Waals surface area contributed by atoms with Crippen LogP contribution < -0.4 is 5.32 Å². The molecular formula is C19H18BrClN2O2. The first-order chi connectivity index (χ1) is 12.0. The molecule has 0 aliphatic carbocycles. The molecule has 0 radical (unpaired) electrons. The van der Waals surface area contributed by atoms with Gasteiger partial charge in [-0.15, -0.1) is 0 Å². The minimum absolute atomic E-state index is 0.0551. The molecule has 130 valence electrons. The Labute approximate surface area is 160 Å². The number of benzene rings is 2. The summed E-state index contributed by atoms with van der Waals surface area (Å²) in [5, 5.41) is 3.54. The van der Waals surface area contributed by atoms with Crippen LogP contribution in [0.1, 0.15) is 23.2 Å². The summed E-state index contributed by atoms with van der Waals surface area (Å²) >= 11 is 9.31. The van der Waals surface area contributed by atoms with E-state index in [1.54, 1.807) is 29.2 Å². The molecule has 0 aromatic heterocycles. The first-order valence-electron chi connectivity index (χ1n) is 8.15. The fraction of sp³-hybridized carbons (Fsp3) is 0.263. The number of amides is 2. The molecule has 0 bridgehead atoms. The van der Waals surface area contributed by atoms with Crippen molar-refractivity contribution in [3.8, 4) is 0 Å². The number of anilines is 1. The van der Waals surface area contributed by atoms with Gasteiger partial charge in [-0.3, -0.25) is 9.59 Å². The molecule has 1 unspecified atom stereocenters. The first kappa shape index (κ1) is 18.0. The molecule has 25 heavy (non-hydrogen) atoms. The van der Waals surface area contributed by atoms with Crippen molar-refractivity contribution < 1.29 is 9.59 Å². The summed E-state index contributed by atoms with van der Waals surface area (Å²) in [6.45, 7) is 1.10. The lowest BCUT2D eigenvalue weighted by molar-refractivity contribution is -0.121. The van der Waals surface area contributed by atoms with Crippen LogP contribution in [0.25, 0.3) is 0 Å². The lowest BCUT2D eigenvalue weighted by Gasteiger charge is -2.32. The van der Waals surface area contributed by atoms with Crippen molar-refractivity contribution in [1.82, 2.24) is 4.90 Å². The number of para-hydroxylation sites is 1. The van der Waals surface area contributed by atoms with Crippen molar-refractivity contribution in [2.75, 3.05) is 18.4 Å². The molecule has 1 saturated heterocycles. The second-order valence-electron chi connectivity index (χ2n) is 6.07. The summed E-state index contributed by atoms with van der Waals surface area (Å²) in [6, 6.07) is 14.3. The molecule has 1 fully saturated rings. The maximum absolute atomic E-state index is 12.6. The van der Waals surface area contributed by atoms with Crippen molar-refractivity contribution in [2.45, 2.75) is 12.8 Å². The zero-order valence-electron chi connectivity index (χ0n) is 13.5. The minimum Gasteiger partial charge on any atom is -0.338 e. The highest BCUT2D eigenvalue weighted by Crippen LogP contribution is 2.25. The predicted molar refractivity (Wildman–Crippen MR) is 103 cm³/mol. The predicted octanol–water partition coefficient (Wildman–Crippen LogP) is 4.59. The Kier molecular flexibility index (Phi) is 5.76. The summed E-state index contributed by atoms with van der Waals surface area (Å²) in [5.41, 5.74) is 1.34. The molecule has 1 atom stereocenters. The van der Waals surface area contributed by atoms with Crippen molar-refractivity contribution in [2.24, 2.45) is 5.92 Å². The zero-order valence-corrected chi connectivity index (χ0v) is 15.9. The molecule has 3 rings (SSSR count). The van der Waals surface area contributed by atoms with E-state index in [1.807, 2.05) is 24.3 Å². The van der Waals surface area contributed by atoms with Gasteiger partial charge in [-0.25, -0.2) is 0 Å². The van der Waals surface area contributed by atoms with Crippen LogP contribution in [-0.2, 0) is 4.79 Å². The van der Waals surface area contributed by atoms with E-state index >= 15 is 0 Å². The van der Waals surface area contributed by atoms with Crippen molar-refractivity contribution >= 4 is 45.0 Å². The van der Waals surface area contributed by atoms with Gasteiger partial charge in [-0.1, -0.05) is 23.7 Å². The molecule has 0 saturated carbocycles. The van der Waals surface area contributed by atoms with Crippen molar-refractivity contribution in [1.29, 1.82) is 0 Å². The van der Waals surface area contributed by atoms with Crippen LogP contribution in [0, 0.1) is 5.92 Å². The quantitative estimate of drug-likeness (QED) is 0.788. The summed E-state index contributed by atoms with van der Waals surface area (Å²) < 4.78 is 0.841. The molecule has 2 aromatic carbocycles. The molecule has 0 spiro atoms. The normalized spacial score (nSPS) is 17.2. The maximum Gasteiger partial charge on any atom is 0.253 e. The lowest BCUT2D eigenvalue weighted by atomic mass is 9.96. The van der Waals surface area contributed by atoms with Crippen LogP contribution in [0.3, 0.4) is 0 Å². The summed E-state index contributed by atoms with van der Waals surface area (Å²) in [5.74, 6) is -0.326. The number of hydrogen-bond donors (Lipinski definition) is 1. The standard InChI is InChI=1S/C19H18BrClN2O2/c20-16-5-1-2-6-17(16)22-18(24)14-4-3-11-23(12-14)19(25)13-7-9-15(21)10-8-13/h1-2,5-10,14H,3-4,11-12H2,(H,22,24). The van der Waals surface area contributed by atoms with Crippen molar-refractivity contribution in [3.05, 3.63) is 63.6 Å². The molecule has 4 nitrogen and oxygen atoms in total. The van der Waals surface area contributed by atoms with Crippen LogP contribution in [0.15, 0.2) is 53.0 Å². The highest BCUT2D eigenvalue weighted by Gasteiger charge is 2.29. The van der Waals surface area contributed by atoms with E-state index in [1.165, 1.54) is 0 Å². The van der Waals surface area contributed by atoms with Gasteiger partial charge in [-0.05, 0) is 65.2 Å². The van der Waals surface area contributed by atoms with Gasteiger partial charge in [0.2, 0.25) is 5.91 Å². The third-order valence-corrected chi connectivity index (χ3v) is 5.25. The Morgan fingerprint density at radius 2 is 1.84 bits per heavy atom. The Balaban J connectivity index is 1.66. The topological polar surface area (TPSA) is 49.4 Å². The van der Waals surface area contributed by atoms with Gasteiger partial charge in [0, 0.05) is 28.1 Å². The van der Waals surface area contributed by atoms with Crippen LogP contribution >= 0.6 is 27.5 Å². The van der Waals surface area contributed by atoms with E-state index < -0.39 is 0 Å². The van der Waals surface area contributed by atoms with Crippen LogP contribution in [0.5, 0.6) is 0 Å². The summed E-state index contributed by atoms with van der Waals surface area (Å²) in [6.07, 6.45) is 1.59. The number of piperidine rings is 1. The van der Waals surface area contributed by atoms with Crippen LogP contribution in [0.4, 0.5) is 5.69 Å². The highest BCUT2D eigenvalue weighted by molar-refractivity contribution is 9.10. The van der Waals surface area contributed by atoms with Gasteiger partial charge in [-0.2, -0.15) is 0 Å². The Bertz CT molecular complexity index is 779. The number of carbonyl (C=O) groups is 2. The molecule has 1 aliphatic rings. The van der Waals surface area contributed by atoms with E-state index in [4.69, 9.17) is 11.6 Å². The fourth-order valence-corrected chi connectivity index (χ4v) is 3.46. The second-order valence-corrected chi connectivity index (χ2v) is 7.36. The van der Waals surface area contributed by atoms with Crippen molar-refractivity contribution in [3.63, 3.8) is 0 Å². The molecule has 2 amide bonds. The number of likely N-dealkylation sites (tertiary alicyclic amines) is 1. The third kappa shape index (κ3) is 4.41. The molecular weight excluding hydrogens is 404 g/mol. The third-order valence-electron chi connectivity index (χ3n) is 4.30. The minimum atomic E-state index is -0.211. The van der Waals surface area contributed by atoms with Gasteiger partial charge in [0.25, 0.3) is 5.91 Å². The number of hydrogen-bond acceptors (Lipinski definition) is 2. The molecule has 1 heterocycles. The van der Waals surface area contributed by atoms with Gasteiger partial charge in [0.1, 0.15) is 0 Å². The van der Waals surface area contributed by atoms with E-state index in [0.717, 1.165) is 23.0 Å². The monoisotopic (exact) mass is 420 g/mol. The Hall–Kier alpha value is -1.85. The summed E-state index contributed by atoms with van der Waals surface area (Å²) in [7, 11) is 0. The Morgan fingerprint density at radius 1 is 1.12 bits per heavy atom. The van der Waals surface area contributed by atoms with E-state index in [0.29, 0.717) is 23.7 Å². The number of nitrogens with one attached hydrogen (secondary N) is 1. The number of rotatable bonds is 3. The number of halogens is 2. The molecule has 1 aliphatic heterocycles. The van der Waals surface area contributed by atoms with Gasteiger partial charge in [0.05, 0.1) is 11.6 Å². The molecule has 1 N–H and O–H groups in total. The van der Waals surface area contributed by atoms with E-state index in [9.17, 15) is 9.59 Å². The van der Waals surface area contributed by atoms with Crippen LogP contribution in [-0.4, -0.2) is 29.8 Å². The average molecular weight is 422 g/mol. The highest BCUT2D eigenvalue weighted by atomic mass is 79.9. The molecule has 6 heteroatoms. The maximum atomic E-state index is 12.6. The zero-order chi connectivity index (χ0) is 17.8. The average Bonchev–Trinajstić information content (AvgIpc) is 2.64. The van der Waals surface area contributed by atoms with Gasteiger partial charge in [0.15, 0.2) is 0 Å². The van der Waals surface area contributed by atoms with Gasteiger partial charge < -0.3 is 10.2 Å². The van der Waals surface area contributed by atoms with E-state index in [-0.39, 0.29) is 17.7 Å². The fourth-order valence-electron chi connectivity index (χ4n) is 2.95. The Morgan fingerprint density at radius 3 is 2.56 bits per heavy atom. The number of carbonyl (C=O) groups excluding carboxylic acids is 2. The summed E-state index contributed by atoms with van der Waals surface area (Å²) in [4.78, 5) is 27.0. The smallest absolute Gasteiger partial charge is 0.253 e. The largest absolute Gasteiger partial charge is 0.338 e. The van der Waals surface area contributed by atoms with Crippen LogP contribution in [0.2, 0.25) is 5.02 Å². The first-order valence-corrected chi connectivity index (χ1v) is 9.32. The SMILES string of the molecule is O=C(Nc1ccccc1Br)C1CCCN(C(=O)c2ccc(Cl)cc2)C1.